The van der Waals surface area contributed by atoms with E-state index in [1.807, 2.05) is 23.1 Å². The number of carbonyl (C=O) groups excluding carboxylic acids is 1. The molecule has 6 heteroatoms. The second-order valence-corrected chi connectivity index (χ2v) is 6.99. The molecule has 0 radical (unpaired) electrons. The Morgan fingerprint density at radius 3 is 2.92 bits per heavy atom. The Morgan fingerprint density at radius 2 is 2.08 bits per heavy atom. The number of nitrogens with one attached hydrogen (secondary N) is 1. The summed E-state index contributed by atoms with van der Waals surface area (Å²) in [5.74, 6) is 1.52. The van der Waals surface area contributed by atoms with Crippen molar-refractivity contribution in [2.45, 2.75) is 44.8 Å². The smallest absolute Gasteiger partial charge is 0.317 e. The number of fused-ring (bicyclic) bond motifs is 1. The lowest BCUT2D eigenvalue weighted by Crippen LogP contribution is -2.64. The highest BCUT2D eigenvalue weighted by Crippen LogP contribution is 2.32. The standard InChI is InChI=1S/C18H25N3O3/c1-13-4-2-3-7-21(13)15-10-20(11-15)18(22)19-9-14-5-6-16-17(8-14)24-12-23-16/h5-6,8,13,15H,2-4,7,9-12H2,1H3,(H,19,22). The first kappa shape index (κ1) is 15.6. The molecule has 0 saturated carbocycles. The summed E-state index contributed by atoms with van der Waals surface area (Å²) in [4.78, 5) is 16.8. The number of hydrogen-bond donors (Lipinski definition) is 1. The molecule has 3 aliphatic heterocycles. The predicted molar refractivity (Wildman–Crippen MR) is 90.2 cm³/mol. The Kier molecular flexibility index (Phi) is 4.22. The molecule has 0 bridgehead atoms. The molecule has 1 N–H and O–H groups in total. The third-order valence-electron chi connectivity index (χ3n) is 5.35. The van der Waals surface area contributed by atoms with E-state index >= 15 is 0 Å². The first-order valence-corrected chi connectivity index (χ1v) is 8.88. The molecule has 2 amide bonds. The van der Waals surface area contributed by atoms with Crippen molar-refractivity contribution in [3.05, 3.63) is 23.8 Å². The average molecular weight is 331 g/mol. The number of likely N-dealkylation sites (tertiary alicyclic amines) is 2. The number of benzene rings is 1. The molecule has 6 nitrogen and oxygen atoms in total. The Labute approximate surface area is 142 Å². The molecule has 2 fully saturated rings. The topological polar surface area (TPSA) is 54.0 Å². The number of urea groups is 1. The zero-order valence-electron chi connectivity index (χ0n) is 14.2. The van der Waals surface area contributed by atoms with Gasteiger partial charge >= 0.3 is 6.03 Å². The lowest BCUT2D eigenvalue weighted by Gasteiger charge is -2.49. The van der Waals surface area contributed by atoms with Gasteiger partial charge in [0.2, 0.25) is 6.79 Å². The molecule has 24 heavy (non-hydrogen) atoms. The van der Waals surface area contributed by atoms with E-state index in [4.69, 9.17) is 9.47 Å². The summed E-state index contributed by atoms with van der Waals surface area (Å²) in [5.41, 5.74) is 1.02. The van der Waals surface area contributed by atoms with Gasteiger partial charge in [-0.1, -0.05) is 12.5 Å². The minimum Gasteiger partial charge on any atom is -0.454 e. The highest BCUT2D eigenvalue weighted by Gasteiger charge is 2.37. The Bertz CT molecular complexity index is 616. The molecule has 0 aromatic heterocycles. The molecule has 1 aromatic carbocycles. The number of carbonyl (C=O) groups is 1. The lowest BCUT2D eigenvalue weighted by atomic mass is 9.98. The molecular weight excluding hydrogens is 306 g/mol. The van der Waals surface area contributed by atoms with Gasteiger partial charge in [-0.25, -0.2) is 4.79 Å². The molecule has 4 rings (SSSR count). The SMILES string of the molecule is CC1CCCCN1C1CN(C(=O)NCc2ccc3c(c2)OCO3)C1. The van der Waals surface area contributed by atoms with Crippen molar-refractivity contribution in [3.63, 3.8) is 0 Å². The molecule has 1 aromatic rings. The molecule has 3 heterocycles. The molecule has 0 spiro atoms. The van der Waals surface area contributed by atoms with Crippen LogP contribution in [0.1, 0.15) is 31.7 Å². The summed E-state index contributed by atoms with van der Waals surface area (Å²) >= 11 is 0. The van der Waals surface area contributed by atoms with Gasteiger partial charge in [0.1, 0.15) is 0 Å². The normalized spacial score (nSPS) is 23.9. The van der Waals surface area contributed by atoms with Gasteiger partial charge in [-0.3, -0.25) is 4.90 Å². The third kappa shape index (κ3) is 3.02. The van der Waals surface area contributed by atoms with Crippen LogP contribution in [0.15, 0.2) is 18.2 Å². The second-order valence-electron chi connectivity index (χ2n) is 6.99. The van der Waals surface area contributed by atoms with Crippen LogP contribution in [0.25, 0.3) is 0 Å². The van der Waals surface area contributed by atoms with Gasteiger partial charge in [0.15, 0.2) is 11.5 Å². The van der Waals surface area contributed by atoms with Crippen LogP contribution in [-0.4, -0.2) is 54.3 Å². The van der Waals surface area contributed by atoms with E-state index in [0.717, 1.165) is 30.2 Å². The molecule has 130 valence electrons. The van der Waals surface area contributed by atoms with E-state index in [1.54, 1.807) is 0 Å². The highest BCUT2D eigenvalue weighted by atomic mass is 16.7. The number of amides is 2. The van der Waals surface area contributed by atoms with Gasteiger partial charge in [-0.05, 0) is 44.0 Å². The van der Waals surface area contributed by atoms with E-state index in [9.17, 15) is 4.79 Å². The second kappa shape index (κ2) is 6.51. The zero-order valence-corrected chi connectivity index (χ0v) is 14.2. The first-order valence-electron chi connectivity index (χ1n) is 8.88. The van der Waals surface area contributed by atoms with Crippen LogP contribution in [0.2, 0.25) is 0 Å². The molecule has 1 atom stereocenters. The summed E-state index contributed by atoms with van der Waals surface area (Å²) < 4.78 is 10.7. The number of nitrogens with zero attached hydrogens (tertiary/aromatic N) is 2. The maximum absolute atomic E-state index is 12.3. The fourth-order valence-electron chi connectivity index (χ4n) is 3.83. The molecule has 2 saturated heterocycles. The van der Waals surface area contributed by atoms with Gasteiger partial charge in [0.25, 0.3) is 0 Å². The van der Waals surface area contributed by atoms with Gasteiger partial charge < -0.3 is 19.7 Å². The number of hydrogen-bond acceptors (Lipinski definition) is 4. The summed E-state index contributed by atoms with van der Waals surface area (Å²) in [6.07, 6.45) is 3.91. The van der Waals surface area contributed by atoms with Crippen LogP contribution in [0, 0.1) is 0 Å². The Balaban J connectivity index is 1.24. The first-order chi connectivity index (χ1) is 11.7. The van der Waals surface area contributed by atoms with Crippen LogP contribution >= 0.6 is 0 Å². The fourth-order valence-corrected chi connectivity index (χ4v) is 3.83. The molecule has 0 aliphatic carbocycles. The highest BCUT2D eigenvalue weighted by molar-refractivity contribution is 5.75. The Morgan fingerprint density at radius 1 is 1.25 bits per heavy atom. The zero-order chi connectivity index (χ0) is 16.5. The Hall–Kier alpha value is -1.95. The van der Waals surface area contributed by atoms with Crippen molar-refractivity contribution in [1.29, 1.82) is 0 Å². The number of rotatable bonds is 3. The third-order valence-corrected chi connectivity index (χ3v) is 5.35. The van der Waals surface area contributed by atoms with Crippen molar-refractivity contribution >= 4 is 6.03 Å². The minimum atomic E-state index is 0.0218. The maximum Gasteiger partial charge on any atom is 0.317 e. The molecule has 3 aliphatic rings. The quantitative estimate of drug-likeness (QED) is 0.922. The van der Waals surface area contributed by atoms with Crippen molar-refractivity contribution < 1.29 is 14.3 Å². The van der Waals surface area contributed by atoms with Gasteiger partial charge in [0, 0.05) is 31.7 Å². The van der Waals surface area contributed by atoms with Crippen molar-refractivity contribution in [2.24, 2.45) is 0 Å². The van der Waals surface area contributed by atoms with E-state index in [1.165, 1.54) is 25.8 Å². The van der Waals surface area contributed by atoms with Crippen molar-refractivity contribution in [1.82, 2.24) is 15.1 Å². The minimum absolute atomic E-state index is 0.0218. The monoisotopic (exact) mass is 331 g/mol. The lowest BCUT2D eigenvalue weighted by molar-refractivity contribution is 0.0169. The summed E-state index contributed by atoms with van der Waals surface area (Å²) in [6, 6.07) is 6.99. The van der Waals surface area contributed by atoms with Crippen LogP contribution in [0.3, 0.4) is 0 Å². The largest absolute Gasteiger partial charge is 0.454 e. The van der Waals surface area contributed by atoms with Gasteiger partial charge in [-0.2, -0.15) is 0 Å². The van der Waals surface area contributed by atoms with E-state index in [2.05, 4.69) is 17.1 Å². The van der Waals surface area contributed by atoms with Crippen LogP contribution in [-0.2, 0) is 6.54 Å². The number of piperidine rings is 1. The molecule has 1 unspecified atom stereocenters. The van der Waals surface area contributed by atoms with E-state index in [0.29, 0.717) is 18.6 Å². The van der Waals surface area contributed by atoms with Crippen LogP contribution in [0.4, 0.5) is 4.79 Å². The molecular formula is C18H25N3O3. The summed E-state index contributed by atoms with van der Waals surface area (Å²) in [5, 5.41) is 3.00. The van der Waals surface area contributed by atoms with Gasteiger partial charge in [0.05, 0.1) is 0 Å². The average Bonchev–Trinajstić information content (AvgIpc) is 3.01. The fraction of sp³-hybridized carbons (Fsp3) is 0.611. The van der Waals surface area contributed by atoms with Gasteiger partial charge in [-0.15, -0.1) is 0 Å². The summed E-state index contributed by atoms with van der Waals surface area (Å²) in [7, 11) is 0. The van der Waals surface area contributed by atoms with Crippen molar-refractivity contribution in [3.8, 4) is 11.5 Å². The number of ether oxygens (including phenoxy) is 2. The maximum atomic E-state index is 12.3. The summed E-state index contributed by atoms with van der Waals surface area (Å²) in [6.45, 7) is 5.96. The van der Waals surface area contributed by atoms with Crippen LogP contribution < -0.4 is 14.8 Å². The van der Waals surface area contributed by atoms with Crippen molar-refractivity contribution in [2.75, 3.05) is 26.4 Å². The van der Waals surface area contributed by atoms with Crippen LogP contribution in [0.5, 0.6) is 11.5 Å². The predicted octanol–water partition coefficient (Wildman–Crippen LogP) is 2.18. The van der Waals surface area contributed by atoms with E-state index < -0.39 is 0 Å². The van der Waals surface area contributed by atoms with E-state index in [-0.39, 0.29) is 12.8 Å².